The molecule has 5 rings (SSSR count). The highest BCUT2D eigenvalue weighted by Crippen LogP contribution is 2.45. The number of fused-ring (bicyclic) bond motifs is 3. The topological polar surface area (TPSA) is 156 Å². The van der Waals surface area contributed by atoms with Crippen LogP contribution < -0.4 is 20.1 Å². The minimum Gasteiger partial charge on any atom is -0.496 e. The van der Waals surface area contributed by atoms with Crippen LogP contribution >= 0.6 is 15.9 Å². The van der Waals surface area contributed by atoms with Crippen LogP contribution in [-0.2, 0) is 19.1 Å². The summed E-state index contributed by atoms with van der Waals surface area (Å²) in [6, 6.07) is 3.52. The Morgan fingerprint density at radius 3 is 2.70 bits per heavy atom. The first-order chi connectivity index (χ1) is 21.8. The number of carbonyl (C=O) groups excluding carboxylic acids is 3. The van der Waals surface area contributed by atoms with E-state index in [2.05, 4.69) is 31.5 Å². The molecule has 3 amide bonds. The number of alkyl carbamates (subject to hydrolysis) is 1. The van der Waals surface area contributed by atoms with E-state index < -0.39 is 53.2 Å². The first-order valence-corrected chi connectivity index (χ1v) is 16.4. The van der Waals surface area contributed by atoms with Crippen molar-refractivity contribution in [2.45, 2.75) is 95.0 Å². The number of nitrogens with one attached hydrogen (secondary N) is 2. The number of aromatic nitrogens is 1. The van der Waals surface area contributed by atoms with Crippen LogP contribution in [0.4, 0.5) is 4.79 Å². The first-order valence-electron chi connectivity index (χ1n) is 15.6. The van der Waals surface area contributed by atoms with Crippen molar-refractivity contribution in [1.29, 1.82) is 0 Å². The van der Waals surface area contributed by atoms with Crippen LogP contribution in [0.5, 0.6) is 11.6 Å². The van der Waals surface area contributed by atoms with Gasteiger partial charge in [0, 0.05) is 23.9 Å². The lowest BCUT2D eigenvalue weighted by Crippen LogP contribution is -2.56. The quantitative estimate of drug-likeness (QED) is 0.376. The molecule has 3 N–H and O–H groups in total. The van der Waals surface area contributed by atoms with Crippen LogP contribution in [0.2, 0.25) is 0 Å². The van der Waals surface area contributed by atoms with Crippen molar-refractivity contribution in [3.63, 3.8) is 0 Å². The number of carboxylic acids is 1. The number of rotatable bonds is 5. The smallest absolute Gasteiger partial charge is 0.408 e. The molecule has 12 nitrogen and oxygen atoms in total. The number of nitrogens with zero attached hydrogens (tertiary/aromatic N) is 2. The fourth-order valence-corrected chi connectivity index (χ4v) is 6.66. The molecule has 1 aromatic carbocycles. The minimum atomic E-state index is -1.43. The van der Waals surface area contributed by atoms with Crippen molar-refractivity contribution in [3.05, 3.63) is 41.0 Å². The van der Waals surface area contributed by atoms with Crippen LogP contribution in [0.15, 0.2) is 41.0 Å². The largest absolute Gasteiger partial charge is 0.496 e. The minimum absolute atomic E-state index is 0.0300. The number of carboxylic acid groups (broad SMARTS) is 1. The van der Waals surface area contributed by atoms with Crippen LogP contribution in [0.1, 0.15) is 65.7 Å². The van der Waals surface area contributed by atoms with Gasteiger partial charge < -0.3 is 34.9 Å². The second-order valence-corrected chi connectivity index (χ2v) is 14.0. The van der Waals surface area contributed by atoms with Gasteiger partial charge in [-0.05, 0) is 86.0 Å². The van der Waals surface area contributed by atoms with Gasteiger partial charge in [-0.3, -0.25) is 9.59 Å². The van der Waals surface area contributed by atoms with Crippen molar-refractivity contribution in [2.24, 2.45) is 5.92 Å². The Morgan fingerprint density at radius 2 is 1.98 bits per heavy atom. The molecule has 3 aliphatic rings. The number of methoxy groups -OCH3 is 1. The average Bonchev–Trinajstić information content (AvgIpc) is 3.52. The SMILES string of the molecule is COc1cc2ccnc(O[C@@H]3C[C@H]4C(=O)N[C@]5(C(=O)O)C[C@H]5C=CCCCCC[C@H](NC(=O)OC(C)(C)C)C(=O)N4C3)c2cc1Br. The summed E-state index contributed by atoms with van der Waals surface area (Å²) in [6.07, 6.45) is 7.82. The summed E-state index contributed by atoms with van der Waals surface area (Å²) < 4.78 is 17.9. The number of aliphatic carboxylic acids is 1. The molecule has 13 heteroatoms. The molecule has 0 bridgehead atoms. The fourth-order valence-electron chi connectivity index (χ4n) is 6.15. The molecule has 0 radical (unpaired) electrons. The Balaban J connectivity index is 1.45. The Morgan fingerprint density at radius 1 is 1.20 bits per heavy atom. The summed E-state index contributed by atoms with van der Waals surface area (Å²) in [6.45, 7) is 5.24. The van der Waals surface area contributed by atoms with Gasteiger partial charge in [0.05, 0.1) is 18.1 Å². The number of allylic oxidation sites excluding steroid dienone is 1. The van der Waals surface area contributed by atoms with Crippen molar-refractivity contribution in [3.8, 4) is 11.6 Å². The maximum Gasteiger partial charge on any atom is 0.408 e. The molecular formula is C33H41BrN4O8. The predicted molar refractivity (Wildman–Crippen MR) is 173 cm³/mol. The first kappa shape index (κ1) is 33.5. The molecule has 5 atom stereocenters. The molecule has 2 aliphatic heterocycles. The number of pyridine rings is 1. The normalized spacial score (nSPS) is 27.0. The van der Waals surface area contributed by atoms with Gasteiger partial charge in [0.25, 0.3) is 0 Å². The standard InChI is InChI=1S/C33H41BrN4O8/c1-32(2,3)46-31(43)36-24-11-9-7-5-6-8-10-20-17-33(20,30(41)42)37-27(39)25-15-21(18-38(25)29(24)40)45-28-22-16-23(34)26(44-4)14-19(22)12-13-35-28/h8,10,12-14,16,20-21,24-25H,5-7,9,11,15,17-18H2,1-4H3,(H,36,43)(H,37,39)(H,41,42)/t20-,21-,24+,25+,33-/m1/s1. The van der Waals surface area contributed by atoms with E-state index in [-0.39, 0.29) is 25.3 Å². The van der Waals surface area contributed by atoms with Gasteiger partial charge in [0.2, 0.25) is 17.7 Å². The molecule has 2 fully saturated rings. The molecule has 2 aromatic rings. The number of ether oxygens (including phenoxy) is 3. The third-order valence-electron chi connectivity index (χ3n) is 8.59. The van der Waals surface area contributed by atoms with Crippen LogP contribution in [-0.4, -0.2) is 81.8 Å². The van der Waals surface area contributed by atoms with Crippen molar-refractivity contribution in [2.75, 3.05) is 13.7 Å². The predicted octanol–water partition coefficient (Wildman–Crippen LogP) is 4.73. The van der Waals surface area contributed by atoms with E-state index in [0.717, 1.165) is 24.6 Å². The summed E-state index contributed by atoms with van der Waals surface area (Å²) in [7, 11) is 1.57. The molecule has 0 unspecified atom stereocenters. The van der Waals surface area contributed by atoms with Gasteiger partial charge in [-0.25, -0.2) is 14.6 Å². The number of hydrogen-bond donors (Lipinski definition) is 3. The number of amides is 3. The second kappa shape index (κ2) is 13.5. The molecule has 0 spiro atoms. The van der Waals surface area contributed by atoms with Gasteiger partial charge in [-0.2, -0.15) is 0 Å². The number of carbonyl (C=O) groups is 4. The lowest BCUT2D eigenvalue weighted by Gasteiger charge is -2.30. The molecule has 1 saturated carbocycles. The second-order valence-electron chi connectivity index (χ2n) is 13.1. The number of benzene rings is 1. The summed E-state index contributed by atoms with van der Waals surface area (Å²) in [5.41, 5.74) is -2.21. The third kappa shape index (κ3) is 7.40. The highest BCUT2D eigenvalue weighted by Gasteiger charge is 2.61. The van der Waals surface area contributed by atoms with Crippen LogP contribution in [0.3, 0.4) is 0 Å². The summed E-state index contributed by atoms with van der Waals surface area (Å²) in [5, 5.41) is 17.1. The van der Waals surface area contributed by atoms with E-state index >= 15 is 0 Å². The van der Waals surface area contributed by atoms with E-state index in [9.17, 15) is 24.3 Å². The Hall–Kier alpha value is -3.87. The van der Waals surface area contributed by atoms with Gasteiger partial charge in [-0.15, -0.1) is 0 Å². The lowest BCUT2D eigenvalue weighted by molar-refractivity contribution is -0.145. The average molecular weight is 702 g/mol. The Labute approximate surface area is 276 Å². The van der Waals surface area contributed by atoms with Gasteiger partial charge >= 0.3 is 12.1 Å². The summed E-state index contributed by atoms with van der Waals surface area (Å²) in [5.74, 6) is -1.54. The number of halogens is 1. The molecule has 1 aliphatic carbocycles. The molecule has 1 saturated heterocycles. The maximum atomic E-state index is 14.2. The van der Waals surface area contributed by atoms with Gasteiger partial charge in [0.1, 0.15) is 35.1 Å². The van der Waals surface area contributed by atoms with Crippen molar-refractivity contribution < 1.29 is 38.5 Å². The van der Waals surface area contributed by atoms with Gasteiger partial charge in [-0.1, -0.05) is 25.0 Å². The van der Waals surface area contributed by atoms with Crippen LogP contribution in [0, 0.1) is 5.92 Å². The van der Waals surface area contributed by atoms with Crippen molar-refractivity contribution >= 4 is 50.6 Å². The van der Waals surface area contributed by atoms with Crippen molar-refractivity contribution in [1.82, 2.24) is 20.5 Å². The van der Waals surface area contributed by atoms with E-state index in [1.54, 1.807) is 34.1 Å². The number of hydrogen-bond acceptors (Lipinski definition) is 8. The van der Waals surface area contributed by atoms with E-state index in [1.807, 2.05) is 30.4 Å². The zero-order chi connectivity index (χ0) is 33.2. The highest BCUT2D eigenvalue weighted by atomic mass is 79.9. The molecule has 1 aromatic heterocycles. The zero-order valence-electron chi connectivity index (χ0n) is 26.5. The fraction of sp³-hybridized carbons (Fsp3) is 0.545. The molecule has 46 heavy (non-hydrogen) atoms. The zero-order valence-corrected chi connectivity index (χ0v) is 28.1. The summed E-state index contributed by atoms with van der Waals surface area (Å²) in [4.78, 5) is 59.1. The van der Waals surface area contributed by atoms with E-state index in [4.69, 9.17) is 14.2 Å². The van der Waals surface area contributed by atoms with Gasteiger partial charge in [0.15, 0.2) is 0 Å². The van der Waals surface area contributed by atoms with E-state index in [1.165, 1.54) is 4.90 Å². The summed E-state index contributed by atoms with van der Waals surface area (Å²) >= 11 is 3.51. The third-order valence-corrected chi connectivity index (χ3v) is 9.21. The highest BCUT2D eigenvalue weighted by molar-refractivity contribution is 9.10. The molecular weight excluding hydrogens is 660 g/mol. The molecule has 3 heterocycles. The monoisotopic (exact) mass is 700 g/mol. The van der Waals surface area contributed by atoms with E-state index in [0.29, 0.717) is 34.3 Å². The Bertz CT molecular complexity index is 1540. The Kier molecular flexibility index (Phi) is 9.81. The lowest BCUT2D eigenvalue weighted by atomic mass is 10.0. The molecule has 248 valence electrons. The van der Waals surface area contributed by atoms with Crippen LogP contribution in [0.25, 0.3) is 10.8 Å². The maximum absolute atomic E-state index is 14.2.